The van der Waals surface area contributed by atoms with Gasteiger partial charge in [-0.1, -0.05) is 12.2 Å². The van der Waals surface area contributed by atoms with Crippen molar-refractivity contribution in [1.29, 1.82) is 0 Å². The number of methoxy groups -OCH3 is 1. The largest absolute Gasteiger partial charge is 0.493 e. The Kier molecular flexibility index (Phi) is 5.79. The molecule has 2 rings (SSSR count). The Morgan fingerprint density at radius 2 is 2.00 bits per heavy atom. The van der Waals surface area contributed by atoms with Crippen molar-refractivity contribution < 1.29 is 19.0 Å². The minimum absolute atomic E-state index is 0.136. The fourth-order valence-electron chi connectivity index (χ4n) is 2.60. The molecule has 0 aromatic heterocycles. The summed E-state index contributed by atoms with van der Waals surface area (Å²) in [5, 5.41) is 0. The number of carbonyl (C=O) groups excluding carboxylic acids is 1. The second-order valence-electron chi connectivity index (χ2n) is 5.59. The van der Waals surface area contributed by atoms with Crippen molar-refractivity contribution in [2.75, 3.05) is 26.8 Å². The Hall–Kier alpha value is -1.86. The number of rotatable bonds is 5. The molecule has 126 valence electrons. The summed E-state index contributed by atoms with van der Waals surface area (Å²) in [5.74, 6) is 0.435. The fourth-order valence-corrected chi connectivity index (χ4v) is 2.87. The predicted molar refractivity (Wildman–Crippen MR) is 91.0 cm³/mol. The Morgan fingerprint density at radius 3 is 2.57 bits per heavy atom. The van der Waals surface area contributed by atoms with Gasteiger partial charge < -0.3 is 24.8 Å². The standard InChI is InChI=1S/C16H22N2O4S/c1-10-7-18(8-11(2)22-10)16(23)12-4-5-13(14(6-12)20-3)21-9-15(17)19/h4-6,10-11H,7-9H2,1-3H3,(H2,17,19)/t10-,11-/m0/s1. The maximum atomic E-state index is 10.8. The highest BCUT2D eigenvalue weighted by Gasteiger charge is 2.25. The summed E-state index contributed by atoms with van der Waals surface area (Å²) in [6, 6.07) is 5.39. The van der Waals surface area contributed by atoms with Gasteiger partial charge in [0.05, 0.1) is 19.3 Å². The van der Waals surface area contributed by atoms with E-state index in [1.54, 1.807) is 6.07 Å². The van der Waals surface area contributed by atoms with Gasteiger partial charge in [0.15, 0.2) is 18.1 Å². The SMILES string of the molecule is COc1cc(C(=S)N2C[C@H](C)O[C@@H](C)C2)ccc1OCC(N)=O. The normalized spacial score (nSPS) is 20.9. The number of hydrogen-bond donors (Lipinski definition) is 1. The molecule has 0 saturated carbocycles. The number of morpholine rings is 1. The highest BCUT2D eigenvalue weighted by atomic mass is 32.1. The van der Waals surface area contributed by atoms with Gasteiger partial charge in [-0.3, -0.25) is 4.79 Å². The van der Waals surface area contributed by atoms with Crippen LogP contribution in [-0.4, -0.2) is 54.8 Å². The number of carbonyl (C=O) groups is 1. The molecule has 1 amide bonds. The van der Waals surface area contributed by atoms with Gasteiger partial charge >= 0.3 is 0 Å². The molecule has 7 heteroatoms. The molecule has 1 aliphatic rings. The van der Waals surface area contributed by atoms with Crippen LogP contribution in [0.15, 0.2) is 18.2 Å². The van der Waals surface area contributed by atoms with E-state index in [1.807, 2.05) is 26.0 Å². The Bertz CT molecular complexity index is 583. The van der Waals surface area contributed by atoms with Crippen molar-refractivity contribution in [2.24, 2.45) is 5.73 Å². The molecular weight excluding hydrogens is 316 g/mol. The van der Waals surface area contributed by atoms with Gasteiger partial charge in [-0.2, -0.15) is 0 Å². The van der Waals surface area contributed by atoms with Crippen LogP contribution in [0.2, 0.25) is 0 Å². The number of ether oxygens (including phenoxy) is 3. The van der Waals surface area contributed by atoms with Gasteiger partial charge in [0, 0.05) is 18.7 Å². The van der Waals surface area contributed by atoms with Gasteiger partial charge in [-0.25, -0.2) is 0 Å². The number of nitrogens with zero attached hydrogens (tertiary/aromatic N) is 1. The molecule has 6 nitrogen and oxygen atoms in total. The van der Waals surface area contributed by atoms with Crippen molar-refractivity contribution in [3.63, 3.8) is 0 Å². The zero-order valence-electron chi connectivity index (χ0n) is 13.6. The molecule has 1 heterocycles. The van der Waals surface area contributed by atoms with E-state index in [0.29, 0.717) is 11.5 Å². The minimum Gasteiger partial charge on any atom is -0.493 e. The second kappa shape index (κ2) is 7.61. The Morgan fingerprint density at radius 1 is 1.35 bits per heavy atom. The Labute approximate surface area is 141 Å². The summed E-state index contributed by atoms with van der Waals surface area (Å²) < 4.78 is 16.4. The molecule has 0 bridgehead atoms. The van der Waals surface area contributed by atoms with Gasteiger partial charge in [-0.05, 0) is 32.0 Å². The fraction of sp³-hybridized carbons (Fsp3) is 0.500. The molecule has 0 unspecified atom stereocenters. The molecule has 0 radical (unpaired) electrons. The number of thiocarbonyl (C=S) groups is 1. The van der Waals surface area contributed by atoms with E-state index in [1.165, 1.54) is 7.11 Å². The van der Waals surface area contributed by atoms with Gasteiger partial charge in [-0.15, -0.1) is 0 Å². The maximum absolute atomic E-state index is 10.8. The van der Waals surface area contributed by atoms with Crippen LogP contribution < -0.4 is 15.2 Å². The van der Waals surface area contributed by atoms with Crippen LogP contribution >= 0.6 is 12.2 Å². The smallest absolute Gasteiger partial charge is 0.255 e. The zero-order valence-corrected chi connectivity index (χ0v) is 14.4. The summed E-state index contributed by atoms with van der Waals surface area (Å²) in [6.45, 7) is 5.38. The molecule has 2 atom stereocenters. The van der Waals surface area contributed by atoms with Crippen molar-refractivity contribution in [1.82, 2.24) is 4.90 Å². The average Bonchev–Trinajstić information content (AvgIpc) is 2.51. The summed E-state index contributed by atoms with van der Waals surface area (Å²) in [6.07, 6.45) is 0.272. The summed E-state index contributed by atoms with van der Waals surface area (Å²) in [4.78, 5) is 13.7. The molecule has 1 aromatic rings. The molecular formula is C16H22N2O4S. The van der Waals surface area contributed by atoms with Crippen LogP contribution in [0.4, 0.5) is 0 Å². The van der Waals surface area contributed by atoms with E-state index >= 15 is 0 Å². The van der Waals surface area contributed by atoms with Crippen LogP contribution in [0, 0.1) is 0 Å². The summed E-state index contributed by atoms with van der Waals surface area (Å²) in [5.41, 5.74) is 5.95. The molecule has 1 fully saturated rings. The van der Waals surface area contributed by atoms with Crippen LogP contribution in [0.25, 0.3) is 0 Å². The molecule has 2 N–H and O–H groups in total. The number of nitrogens with two attached hydrogens (primary N) is 1. The molecule has 0 aliphatic carbocycles. The highest BCUT2D eigenvalue weighted by Crippen LogP contribution is 2.29. The zero-order chi connectivity index (χ0) is 17.0. The number of amides is 1. The van der Waals surface area contributed by atoms with Gasteiger partial charge in [0.1, 0.15) is 4.99 Å². The second-order valence-corrected chi connectivity index (χ2v) is 5.97. The van der Waals surface area contributed by atoms with Crippen LogP contribution in [0.5, 0.6) is 11.5 Å². The third-order valence-electron chi connectivity index (χ3n) is 3.49. The van der Waals surface area contributed by atoms with Crippen LogP contribution in [0.1, 0.15) is 19.4 Å². The number of primary amides is 1. The van der Waals surface area contributed by atoms with Crippen LogP contribution in [0.3, 0.4) is 0 Å². The van der Waals surface area contributed by atoms with E-state index in [2.05, 4.69) is 4.90 Å². The lowest BCUT2D eigenvalue weighted by Gasteiger charge is -2.37. The highest BCUT2D eigenvalue weighted by molar-refractivity contribution is 7.80. The third kappa shape index (κ3) is 4.56. The van der Waals surface area contributed by atoms with E-state index in [9.17, 15) is 4.79 Å². The van der Waals surface area contributed by atoms with E-state index in [0.717, 1.165) is 23.6 Å². The summed E-state index contributed by atoms with van der Waals surface area (Å²) >= 11 is 5.60. The lowest BCUT2D eigenvalue weighted by atomic mass is 10.1. The van der Waals surface area contributed by atoms with E-state index in [-0.39, 0.29) is 18.8 Å². The first-order valence-corrected chi connectivity index (χ1v) is 7.85. The first-order valence-electron chi connectivity index (χ1n) is 7.44. The quantitative estimate of drug-likeness (QED) is 0.817. The maximum Gasteiger partial charge on any atom is 0.255 e. The van der Waals surface area contributed by atoms with Crippen molar-refractivity contribution in [3.05, 3.63) is 23.8 Å². The molecule has 1 aliphatic heterocycles. The molecule has 1 aromatic carbocycles. The molecule has 1 saturated heterocycles. The van der Waals surface area contributed by atoms with Crippen LogP contribution in [-0.2, 0) is 9.53 Å². The Balaban J connectivity index is 2.16. The third-order valence-corrected chi connectivity index (χ3v) is 3.98. The average molecular weight is 338 g/mol. The van der Waals surface area contributed by atoms with E-state index < -0.39 is 5.91 Å². The van der Waals surface area contributed by atoms with Crippen molar-refractivity contribution in [2.45, 2.75) is 26.1 Å². The lowest BCUT2D eigenvalue weighted by molar-refractivity contribution is -0.119. The number of hydrogen-bond acceptors (Lipinski definition) is 5. The first-order chi connectivity index (χ1) is 10.9. The van der Waals surface area contributed by atoms with Crippen molar-refractivity contribution in [3.8, 4) is 11.5 Å². The van der Waals surface area contributed by atoms with Gasteiger partial charge in [0.25, 0.3) is 5.91 Å². The monoisotopic (exact) mass is 338 g/mol. The van der Waals surface area contributed by atoms with Gasteiger partial charge in [0.2, 0.25) is 0 Å². The topological polar surface area (TPSA) is 74.0 Å². The predicted octanol–water partition coefficient (Wildman–Crippen LogP) is 1.34. The molecule has 23 heavy (non-hydrogen) atoms. The molecule has 0 spiro atoms. The van der Waals surface area contributed by atoms with E-state index in [4.69, 9.17) is 32.2 Å². The number of benzene rings is 1. The lowest BCUT2D eigenvalue weighted by Crippen LogP contribution is -2.47. The first kappa shape index (κ1) is 17.5. The summed E-state index contributed by atoms with van der Waals surface area (Å²) in [7, 11) is 1.54. The minimum atomic E-state index is -0.539. The van der Waals surface area contributed by atoms with Crippen molar-refractivity contribution >= 4 is 23.1 Å².